The van der Waals surface area contributed by atoms with Gasteiger partial charge in [0.25, 0.3) is 0 Å². The summed E-state index contributed by atoms with van der Waals surface area (Å²) in [5, 5.41) is 3.12. The van der Waals surface area contributed by atoms with E-state index in [4.69, 9.17) is 0 Å². The molecule has 0 aromatic heterocycles. The van der Waals surface area contributed by atoms with Gasteiger partial charge in [-0.3, -0.25) is 4.79 Å². The molecule has 2 N–H and O–H groups in total. The number of halogens is 4. The maximum atomic E-state index is 15.3. The molecule has 0 atom stereocenters. The molecule has 1 aliphatic carbocycles. The largest absolute Gasteiger partial charge is 0.416 e. The van der Waals surface area contributed by atoms with Crippen molar-refractivity contribution in [1.82, 2.24) is 10.6 Å². The van der Waals surface area contributed by atoms with Gasteiger partial charge in [-0.05, 0) is 64.7 Å². The number of carbonyl (C=O) groups is 1. The van der Waals surface area contributed by atoms with Crippen LogP contribution in [-0.2, 0) is 20.8 Å². The Balaban J connectivity index is 2.03. The zero-order chi connectivity index (χ0) is 22.1. The average Bonchev–Trinajstić information content (AvgIpc) is 2.59. The number of sulfone groups is 1. The first-order valence-corrected chi connectivity index (χ1v) is 10.8. The molecule has 0 aliphatic heterocycles. The lowest BCUT2D eigenvalue weighted by Crippen LogP contribution is -2.48. The van der Waals surface area contributed by atoms with Gasteiger partial charge in [-0.25, -0.2) is 12.8 Å². The third-order valence-corrected chi connectivity index (χ3v) is 7.00. The van der Waals surface area contributed by atoms with Gasteiger partial charge in [0.1, 0.15) is 0 Å². The molecular formula is C19H26F4N2O3S. The Labute approximate surface area is 168 Å². The van der Waals surface area contributed by atoms with Crippen LogP contribution in [0.1, 0.15) is 52.0 Å². The van der Waals surface area contributed by atoms with E-state index in [0.717, 1.165) is 18.2 Å². The van der Waals surface area contributed by atoms with Gasteiger partial charge in [0.15, 0.2) is 0 Å². The summed E-state index contributed by atoms with van der Waals surface area (Å²) >= 11 is 0. The third kappa shape index (κ3) is 5.91. The quantitative estimate of drug-likeness (QED) is 0.689. The van der Waals surface area contributed by atoms with E-state index < -0.39 is 37.0 Å². The van der Waals surface area contributed by atoms with Crippen LogP contribution in [0.3, 0.4) is 0 Å². The molecule has 2 rings (SSSR count). The van der Waals surface area contributed by atoms with Gasteiger partial charge >= 0.3 is 6.18 Å². The predicted octanol–water partition coefficient (Wildman–Crippen LogP) is 3.59. The molecule has 29 heavy (non-hydrogen) atoms. The summed E-state index contributed by atoms with van der Waals surface area (Å²) < 4.78 is 79.3. The second kappa shape index (κ2) is 8.22. The van der Waals surface area contributed by atoms with E-state index in [0.29, 0.717) is 6.07 Å². The van der Waals surface area contributed by atoms with Crippen molar-refractivity contribution in [2.75, 3.05) is 6.54 Å². The van der Waals surface area contributed by atoms with Crippen LogP contribution in [-0.4, -0.2) is 37.5 Å². The fourth-order valence-electron chi connectivity index (χ4n) is 3.27. The van der Waals surface area contributed by atoms with Crippen LogP contribution in [0.25, 0.3) is 0 Å². The van der Waals surface area contributed by atoms with Crippen molar-refractivity contribution < 1.29 is 30.8 Å². The Bertz CT molecular complexity index is 840. The predicted molar refractivity (Wildman–Crippen MR) is 101 cm³/mol. The van der Waals surface area contributed by atoms with Crippen LogP contribution >= 0.6 is 0 Å². The minimum Gasteiger partial charge on any atom is -0.350 e. The van der Waals surface area contributed by atoms with E-state index in [1.54, 1.807) is 0 Å². The number of amides is 1. The summed E-state index contributed by atoms with van der Waals surface area (Å²) in [7, 11) is -4.60. The van der Waals surface area contributed by atoms with Crippen LogP contribution in [0.5, 0.6) is 0 Å². The highest BCUT2D eigenvalue weighted by Crippen LogP contribution is 2.41. The second-order valence-electron chi connectivity index (χ2n) is 8.37. The standard InChI is InChI=1S/C19H26F4N2O3S/c1-17(2,3)25-16(26)12-24-14-7-9-18(20,10-8-14)29(27,28)15-6-4-5-13(11-15)19(21,22)23/h4-6,11,14,24H,7-10,12H2,1-3H3,(H,25,26)/t14-,18+. The molecule has 1 aliphatic rings. The zero-order valence-corrected chi connectivity index (χ0v) is 17.4. The SMILES string of the molecule is CC(C)(C)NC(=O)CN[C@H]1CC[C@@](F)(S(=O)(=O)c2cccc(C(F)(F)F)c2)CC1. The third-order valence-electron chi connectivity index (χ3n) is 4.75. The molecule has 164 valence electrons. The Hall–Kier alpha value is -1.68. The number of carbonyl (C=O) groups excluding carboxylic acids is 1. The number of rotatable bonds is 5. The first-order chi connectivity index (χ1) is 13.1. The topological polar surface area (TPSA) is 75.3 Å². The maximum Gasteiger partial charge on any atom is 0.416 e. The molecule has 0 unspecified atom stereocenters. The van der Waals surface area contributed by atoms with E-state index in [-0.39, 0.29) is 44.2 Å². The minimum absolute atomic E-state index is 0.0155. The van der Waals surface area contributed by atoms with Crippen molar-refractivity contribution in [3.63, 3.8) is 0 Å². The van der Waals surface area contributed by atoms with Crippen molar-refractivity contribution in [3.05, 3.63) is 29.8 Å². The van der Waals surface area contributed by atoms with Crippen LogP contribution in [0, 0.1) is 0 Å². The molecule has 1 amide bonds. The molecule has 0 bridgehead atoms. The highest BCUT2D eigenvalue weighted by Gasteiger charge is 2.48. The minimum atomic E-state index is -4.72. The molecular weight excluding hydrogens is 412 g/mol. The molecule has 1 saturated carbocycles. The summed E-state index contributed by atoms with van der Waals surface area (Å²) in [5.41, 5.74) is -1.53. The van der Waals surface area contributed by atoms with Crippen LogP contribution in [0.15, 0.2) is 29.2 Å². The second-order valence-corrected chi connectivity index (χ2v) is 10.6. The van der Waals surface area contributed by atoms with Crippen molar-refractivity contribution in [2.45, 2.75) is 74.1 Å². The van der Waals surface area contributed by atoms with Crippen LogP contribution < -0.4 is 10.6 Å². The Morgan fingerprint density at radius 2 is 1.76 bits per heavy atom. The molecule has 0 saturated heterocycles. The summed E-state index contributed by atoms with van der Waals surface area (Å²) in [6, 6.07) is 2.90. The fourth-order valence-corrected chi connectivity index (χ4v) is 5.01. The van der Waals surface area contributed by atoms with Gasteiger partial charge in [-0.2, -0.15) is 13.2 Å². The van der Waals surface area contributed by atoms with Crippen molar-refractivity contribution >= 4 is 15.7 Å². The first-order valence-electron chi connectivity index (χ1n) is 9.29. The lowest BCUT2D eigenvalue weighted by Gasteiger charge is -2.34. The number of nitrogens with one attached hydrogen (secondary N) is 2. The van der Waals surface area contributed by atoms with Gasteiger partial charge in [0, 0.05) is 11.6 Å². The molecule has 1 aromatic carbocycles. The summed E-state index contributed by atoms with van der Waals surface area (Å²) in [5.74, 6) is -0.230. The van der Waals surface area contributed by atoms with Gasteiger partial charge < -0.3 is 10.6 Å². The smallest absolute Gasteiger partial charge is 0.350 e. The average molecular weight is 438 g/mol. The van der Waals surface area contributed by atoms with Crippen LogP contribution in [0.2, 0.25) is 0 Å². The van der Waals surface area contributed by atoms with Gasteiger partial charge in [-0.1, -0.05) is 6.07 Å². The molecule has 0 heterocycles. The fraction of sp³-hybridized carbons (Fsp3) is 0.632. The summed E-state index contributed by atoms with van der Waals surface area (Å²) in [6.07, 6.45) is -5.13. The molecule has 5 nitrogen and oxygen atoms in total. The van der Waals surface area contributed by atoms with E-state index in [1.807, 2.05) is 20.8 Å². The lowest BCUT2D eigenvalue weighted by atomic mass is 9.93. The maximum absolute atomic E-state index is 15.3. The molecule has 10 heteroatoms. The normalized spacial score (nSPS) is 23.6. The van der Waals surface area contributed by atoms with Crippen molar-refractivity contribution in [3.8, 4) is 0 Å². The highest BCUT2D eigenvalue weighted by atomic mass is 32.2. The monoisotopic (exact) mass is 438 g/mol. The number of hydrogen-bond donors (Lipinski definition) is 2. The Kier molecular flexibility index (Phi) is 6.69. The van der Waals surface area contributed by atoms with E-state index in [2.05, 4.69) is 10.6 Å². The molecule has 1 aromatic rings. The van der Waals surface area contributed by atoms with Crippen LogP contribution in [0.4, 0.5) is 17.6 Å². The molecule has 0 radical (unpaired) electrons. The van der Waals surface area contributed by atoms with Gasteiger partial charge in [-0.15, -0.1) is 0 Å². The number of hydrogen-bond acceptors (Lipinski definition) is 4. The lowest BCUT2D eigenvalue weighted by molar-refractivity contribution is -0.137. The van der Waals surface area contributed by atoms with Crippen molar-refractivity contribution in [2.24, 2.45) is 0 Å². The summed E-state index contributed by atoms with van der Waals surface area (Å²) in [6.45, 7) is 5.52. The Morgan fingerprint density at radius 3 is 2.28 bits per heavy atom. The summed E-state index contributed by atoms with van der Waals surface area (Å²) in [4.78, 5) is 11.2. The van der Waals surface area contributed by atoms with Gasteiger partial charge in [0.05, 0.1) is 17.0 Å². The van der Waals surface area contributed by atoms with Gasteiger partial charge in [0.2, 0.25) is 20.7 Å². The molecule has 1 fully saturated rings. The zero-order valence-electron chi connectivity index (χ0n) is 16.6. The first kappa shape index (κ1) is 23.6. The molecule has 0 spiro atoms. The van der Waals surface area contributed by atoms with E-state index in [1.165, 1.54) is 0 Å². The van der Waals surface area contributed by atoms with E-state index >= 15 is 4.39 Å². The van der Waals surface area contributed by atoms with E-state index in [9.17, 15) is 26.4 Å². The van der Waals surface area contributed by atoms with Crippen molar-refractivity contribution in [1.29, 1.82) is 0 Å². The number of benzene rings is 1. The highest BCUT2D eigenvalue weighted by molar-refractivity contribution is 7.92. The Morgan fingerprint density at radius 1 is 1.17 bits per heavy atom. The number of alkyl halides is 4.